The molecule has 116 valence electrons. The number of nitrogens with one attached hydrogen (secondary N) is 1. The molecule has 0 aliphatic heterocycles. The molecule has 1 fully saturated rings. The van der Waals surface area contributed by atoms with Crippen LogP contribution in [0.3, 0.4) is 0 Å². The van der Waals surface area contributed by atoms with Crippen molar-refractivity contribution < 1.29 is 19.1 Å². The number of carboxylic acids is 1. The van der Waals surface area contributed by atoms with E-state index in [0.29, 0.717) is 24.6 Å². The Morgan fingerprint density at radius 2 is 2.00 bits per heavy atom. The first-order valence-electron chi connectivity index (χ1n) is 7.65. The third kappa shape index (κ3) is 3.86. The maximum atomic E-state index is 12.1. The maximum Gasteiger partial charge on any atom is 0.339 e. The van der Waals surface area contributed by atoms with E-state index in [4.69, 9.17) is 9.52 Å². The highest BCUT2D eigenvalue weighted by Gasteiger charge is 2.22. The zero-order chi connectivity index (χ0) is 15.4. The van der Waals surface area contributed by atoms with E-state index in [0.717, 1.165) is 18.8 Å². The van der Waals surface area contributed by atoms with Crippen molar-refractivity contribution in [1.82, 2.24) is 5.32 Å². The summed E-state index contributed by atoms with van der Waals surface area (Å²) < 4.78 is 5.35. The van der Waals surface area contributed by atoms with Crippen molar-refractivity contribution in [3.63, 3.8) is 0 Å². The Morgan fingerprint density at radius 1 is 1.33 bits per heavy atom. The summed E-state index contributed by atoms with van der Waals surface area (Å²) in [6.07, 6.45) is 5.16. The van der Waals surface area contributed by atoms with Crippen LogP contribution in [0.15, 0.2) is 10.5 Å². The number of carbonyl (C=O) groups is 2. The summed E-state index contributed by atoms with van der Waals surface area (Å²) in [5.74, 6) is 0.358. The summed E-state index contributed by atoms with van der Waals surface area (Å²) in [5.41, 5.74) is 0.0779. The normalized spacial score (nSPS) is 22.0. The Hall–Kier alpha value is -1.78. The highest BCUT2D eigenvalue weighted by molar-refractivity contribution is 5.96. The molecule has 1 amide bonds. The molecule has 1 aliphatic carbocycles. The van der Waals surface area contributed by atoms with Crippen molar-refractivity contribution in [2.75, 3.05) is 6.54 Å². The third-order valence-corrected chi connectivity index (χ3v) is 4.27. The Labute approximate surface area is 124 Å². The van der Waals surface area contributed by atoms with Crippen LogP contribution in [0.1, 0.15) is 66.2 Å². The molecule has 0 saturated heterocycles. The molecule has 2 N–H and O–H groups in total. The standard InChI is InChI=1S/C16H23NO4/c1-3-13-12(16(19)20)8-14(21-13)15(18)17-9-11-6-4-10(2)5-7-11/h8,10-11H,3-7,9H2,1-2H3,(H,17,18)(H,19,20). The molecule has 1 aliphatic rings. The number of aromatic carboxylic acids is 1. The lowest BCUT2D eigenvalue weighted by Crippen LogP contribution is -2.30. The van der Waals surface area contributed by atoms with Crippen molar-refractivity contribution in [2.24, 2.45) is 11.8 Å². The number of amides is 1. The predicted octanol–water partition coefficient (Wildman–Crippen LogP) is 3.10. The summed E-state index contributed by atoms with van der Waals surface area (Å²) in [4.78, 5) is 23.1. The van der Waals surface area contributed by atoms with Gasteiger partial charge in [0, 0.05) is 19.0 Å². The summed E-state index contributed by atoms with van der Waals surface area (Å²) in [7, 11) is 0. The van der Waals surface area contributed by atoms with Crippen LogP contribution in [-0.4, -0.2) is 23.5 Å². The van der Waals surface area contributed by atoms with Crippen molar-refractivity contribution >= 4 is 11.9 Å². The van der Waals surface area contributed by atoms with E-state index in [1.54, 1.807) is 6.92 Å². The van der Waals surface area contributed by atoms with Crippen LogP contribution in [0.25, 0.3) is 0 Å². The van der Waals surface area contributed by atoms with Crippen LogP contribution in [0.4, 0.5) is 0 Å². The van der Waals surface area contributed by atoms with E-state index >= 15 is 0 Å². The highest BCUT2D eigenvalue weighted by Crippen LogP contribution is 2.27. The second kappa shape index (κ2) is 6.78. The van der Waals surface area contributed by atoms with Gasteiger partial charge in [-0.2, -0.15) is 0 Å². The first-order chi connectivity index (χ1) is 10.0. The number of hydrogen-bond donors (Lipinski definition) is 2. The number of rotatable bonds is 5. The summed E-state index contributed by atoms with van der Waals surface area (Å²) >= 11 is 0. The molecular formula is C16H23NO4. The van der Waals surface area contributed by atoms with Gasteiger partial charge < -0.3 is 14.8 Å². The largest absolute Gasteiger partial charge is 0.478 e. The van der Waals surface area contributed by atoms with Crippen LogP contribution < -0.4 is 5.32 Å². The van der Waals surface area contributed by atoms with Crippen LogP contribution >= 0.6 is 0 Å². The van der Waals surface area contributed by atoms with Gasteiger partial charge in [-0.25, -0.2) is 4.79 Å². The summed E-state index contributed by atoms with van der Waals surface area (Å²) in [6, 6.07) is 1.32. The second-order valence-electron chi connectivity index (χ2n) is 5.94. The molecule has 21 heavy (non-hydrogen) atoms. The second-order valence-corrected chi connectivity index (χ2v) is 5.94. The molecule has 0 atom stereocenters. The lowest BCUT2D eigenvalue weighted by molar-refractivity contribution is 0.0694. The predicted molar refractivity (Wildman–Crippen MR) is 78.5 cm³/mol. The Bertz CT molecular complexity index is 512. The van der Waals surface area contributed by atoms with Gasteiger partial charge in [0.05, 0.1) is 0 Å². The fourth-order valence-corrected chi connectivity index (χ4v) is 2.84. The van der Waals surface area contributed by atoms with E-state index in [-0.39, 0.29) is 17.2 Å². The minimum Gasteiger partial charge on any atom is -0.478 e. The number of carboxylic acid groups (broad SMARTS) is 1. The first kappa shape index (κ1) is 15.6. The number of hydrogen-bond acceptors (Lipinski definition) is 3. The fraction of sp³-hybridized carbons (Fsp3) is 0.625. The Kier molecular flexibility index (Phi) is 5.04. The molecule has 2 rings (SSSR count). The summed E-state index contributed by atoms with van der Waals surface area (Å²) in [6.45, 7) is 4.70. The van der Waals surface area contributed by atoms with Gasteiger partial charge in [-0.15, -0.1) is 0 Å². The van der Waals surface area contributed by atoms with Crippen molar-refractivity contribution in [1.29, 1.82) is 0 Å². The Morgan fingerprint density at radius 3 is 2.52 bits per heavy atom. The quantitative estimate of drug-likeness (QED) is 0.874. The zero-order valence-corrected chi connectivity index (χ0v) is 12.6. The van der Waals surface area contributed by atoms with Gasteiger partial charge in [0.15, 0.2) is 5.76 Å². The average Bonchev–Trinajstić information content (AvgIpc) is 2.91. The lowest BCUT2D eigenvalue weighted by atomic mass is 9.83. The van der Waals surface area contributed by atoms with Crippen LogP contribution in [0.5, 0.6) is 0 Å². The first-order valence-corrected chi connectivity index (χ1v) is 7.65. The van der Waals surface area contributed by atoms with Gasteiger partial charge in [-0.3, -0.25) is 4.79 Å². The van der Waals surface area contributed by atoms with Crippen LogP contribution in [-0.2, 0) is 6.42 Å². The Balaban J connectivity index is 1.93. The summed E-state index contributed by atoms with van der Waals surface area (Å²) in [5, 5.41) is 11.9. The van der Waals surface area contributed by atoms with Crippen molar-refractivity contribution in [3.8, 4) is 0 Å². The topological polar surface area (TPSA) is 79.5 Å². The number of aryl methyl sites for hydroxylation is 1. The molecule has 0 aromatic carbocycles. The van der Waals surface area contributed by atoms with E-state index in [1.165, 1.54) is 18.9 Å². The van der Waals surface area contributed by atoms with E-state index in [1.807, 2.05) is 0 Å². The molecular weight excluding hydrogens is 270 g/mol. The fourth-order valence-electron chi connectivity index (χ4n) is 2.84. The van der Waals surface area contributed by atoms with Gasteiger partial charge >= 0.3 is 5.97 Å². The molecule has 0 unspecified atom stereocenters. The monoisotopic (exact) mass is 293 g/mol. The van der Waals surface area contributed by atoms with Crippen molar-refractivity contribution in [3.05, 3.63) is 23.2 Å². The zero-order valence-electron chi connectivity index (χ0n) is 12.6. The van der Waals surface area contributed by atoms with Crippen LogP contribution in [0.2, 0.25) is 0 Å². The molecule has 1 heterocycles. The minimum atomic E-state index is -1.06. The number of carbonyl (C=O) groups excluding carboxylic acids is 1. The third-order valence-electron chi connectivity index (χ3n) is 4.27. The van der Waals surface area contributed by atoms with Gasteiger partial charge in [-0.05, 0) is 24.7 Å². The van der Waals surface area contributed by atoms with E-state index in [9.17, 15) is 9.59 Å². The van der Waals surface area contributed by atoms with Gasteiger partial charge in [0.1, 0.15) is 11.3 Å². The average molecular weight is 293 g/mol. The van der Waals surface area contributed by atoms with E-state index in [2.05, 4.69) is 12.2 Å². The van der Waals surface area contributed by atoms with Crippen LogP contribution in [0, 0.1) is 11.8 Å². The van der Waals surface area contributed by atoms with Gasteiger partial charge in [0.2, 0.25) is 0 Å². The molecule has 0 bridgehead atoms. The van der Waals surface area contributed by atoms with E-state index < -0.39 is 5.97 Å². The number of furan rings is 1. The van der Waals surface area contributed by atoms with Gasteiger partial charge in [-0.1, -0.05) is 26.7 Å². The molecule has 1 aromatic rings. The van der Waals surface area contributed by atoms with Gasteiger partial charge in [0.25, 0.3) is 5.91 Å². The lowest BCUT2D eigenvalue weighted by Gasteiger charge is -2.26. The molecule has 1 saturated carbocycles. The van der Waals surface area contributed by atoms with Crippen molar-refractivity contribution in [2.45, 2.75) is 46.0 Å². The smallest absolute Gasteiger partial charge is 0.339 e. The maximum absolute atomic E-state index is 12.1. The molecule has 5 nitrogen and oxygen atoms in total. The molecule has 0 radical (unpaired) electrons. The molecule has 1 aromatic heterocycles. The molecule has 5 heteroatoms. The molecule has 0 spiro atoms. The SMILES string of the molecule is CCc1oc(C(=O)NCC2CCC(C)CC2)cc1C(=O)O. The minimum absolute atomic E-state index is 0.0779. The highest BCUT2D eigenvalue weighted by atomic mass is 16.4.